The van der Waals surface area contributed by atoms with Crippen molar-refractivity contribution in [3.63, 3.8) is 0 Å². The Bertz CT molecular complexity index is 594. The fourth-order valence-corrected chi connectivity index (χ4v) is 2.32. The van der Waals surface area contributed by atoms with E-state index in [9.17, 15) is 8.42 Å². The molecular formula is C9H11N5O2S. The van der Waals surface area contributed by atoms with Gasteiger partial charge in [-0.1, -0.05) is 0 Å². The quantitative estimate of drug-likeness (QED) is 0.702. The molecule has 2 heterocycles. The average molecular weight is 253 g/mol. The monoisotopic (exact) mass is 253 g/mol. The van der Waals surface area contributed by atoms with Gasteiger partial charge in [0.2, 0.25) is 0 Å². The molecule has 0 bridgehead atoms. The molecule has 0 unspecified atom stereocenters. The number of nitrogens with one attached hydrogen (secondary N) is 2. The number of rotatable bonds is 4. The molecule has 7 nitrogen and oxygen atoms in total. The van der Waals surface area contributed by atoms with Crippen LogP contribution in [0.25, 0.3) is 0 Å². The van der Waals surface area contributed by atoms with Gasteiger partial charge < -0.3 is 5.73 Å². The number of nitrogen functional groups attached to an aromatic ring is 1. The third-order valence-electron chi connectivity index (χ3n) is 2.08. The Morgan fingerprint density at radius 3 is 2.94 bits per heavy atom. The minimum Gasteiger partial charge on any atom is -0.396 e. The summed E-state index contributed by atoms with van der Waals surface area (Å²) in [4.78, 5) is 3.75. The normalized spacial score (nSPS) is 11.5. The first-order valence-electron chi connectivity index (χ1n) is 4.77. The standard InChI is InChI=1S/C9H11N5O2S/c10-8-2-1-3-11-9(8)17(15,16)14-6-7-4-12-13-5-7/h1-5,14H,6,10H2,(H,12,13). The van der Waals surface area contributed by atoms with E-state index < -0.39 is 10.0 Å². The van der Waals surface area contributed by atoms with E-state index in [4.69, 9.17) is 5.73 Å². The van der Waals surface area contributed by atoms with Gasteiger partial charge in [-0.15, -0.1) is 0 Å². The average Bonchev–Trinajstić information content (AvgIpc) is 2.80. The highest BCUT2D eigenvalue weighted by Gasteiger charge is 2.18. The smallest absolute Gasteiger partial charge is 0.260 e. The molecule has 0 saturated heterocycles. The lowest BCUT2D eigenvalue weighted by Crippen LogP contribution is -2.24. The van der Waals surface area contributed by atoms with Crippen molar-refractivity contribution in [3.8, 4) is 0 Å². The van der Waals surface area contributed by atoms with Gasteiger partial charge in [-0.2, -0.15) is 5.10 Å². The molecule has 0 aliphatic heterocycles. The number of hydrogen-bond acceptors (Lipinski definition) is 5. The number of pyridine rings is 1. The molecule has 0 saturated carbocycles. The van der Waals surface area contributed by atoms with Gasteiger partial charge in [0.1, 0.15) is 0 Å². The number of sulfonamides is 1. The molecule has 8 heteroatoms. The molecule has 0 atom stereocenters. The second-order valence-electron chi connectivity index (χ2n) is 3.33. The van der Waals surface area contributed by atoms with Gasteiger partial charge in [0.05, 0.1) is 11.9 Å². The zero-order valence-electron chi connectivity index (χ0n) is 8.79. The molecule has 2 aromatic heterocycles. The number of H-pyrrole nitrogens is 1. The van der Waals surface area contributed by atoms with E-state index in [1.54, 1.807) is 12.3 Å². The van der Waals surface area contributed by atoms with Gasteiger partial charge in [0.25, 0.3) is 10.0 Å². The molecule has 2 rings (SSSR count). The fraction of sp³-hybridized carbons (Fsp3) is 0.111. The van der Waals surface area contributed by atoms with Crippen molar-refractivity contribution < 1.29 is 8.42 Å². The van der Waals surface area contributed by atoms with E-state index in [0.717, 1.165) is 5.56 Å². The summed E-state index contributed by atoms with van der Waals surface area (Å²) in [5.41, 5.74) is 6.40. The maximum atomic E-state index is 11.9. The van der Waals surface area contributed by atoms with Crippen LogP contribution in [0.5, 0.6) is 0 Å². The molecule has 17 heavy (non-hydrogen) atoms. The van der Waals surface area contributed by atoms with E-state index in [0.29, 0.717) is 0 Å². The first-order chi connectivity index (χ1) is 8.09. The Kier molecular flexibility index (Phi) is 3.07. The van der Waals surface area contributed by atoms with Gasteiger partial charge in [-0.3, -0.25) is 5.10 Å². The fourth-order valence-electron chi connectivity index (χ4n) is 1.25. The predicted octanol–water partition coefficient (Wildman–Crippen LogP) is -0.135. The lowest BCUT2D eigenvalue weighted by atomic mass is 10.4. The van der Waals surface area contributed by atoms with E-state index in [1.807, 2.05) is 0 Å². The predicted molar refractivity (Wildman–Crippen MR) is 61.3 cm³/mol. The summed E-state index contributed by atoms with van der Waals surface area (Å²) in [5, 5.41) is 6.14. The Morgan fingerprint density at radius 1 is 1.47 bits per heavy atom. The van der Waals surface area contributed by atoms with Gasteiger partial charge in [0.15, 0.2) is 5.03 Å². The Balaban J connectivity index is 2.17. The van der Waals surface area contributed by atoms with Crippen LogP contribution in [-0.2, 0) is 16.6 Å². The van der Waals surface area contributed by atoms with Crippen molar-refractivity contribution in [3.05, 3.63) is 36.3 Å². The number of aromatic amines is 1. The Labute approximate surface area is 98.1 Å². The van der Waals surface area contributed by atoms with Crippen molar-refractivity contribution >= 4 is 15.7 Å². The highest BCUT2D eigenvalue weighted by atomic mass is 32.2. The molecule has 0 aromatic carbocycles. The van der Waals surface area contributed by atoms with Crippen LogP contribution >= 0.6 is 0 Å². The number of nitrogens with zero attached hydrogens (tertiary/aromatic N) is 2. The molecule has 0 fully saturated rings. The van der Waals surface area contributed by atoms with Crippen LogP contribution < -0.4 is 10.5 Å². The summed E-state index contributed by atoms with van der Waals surface area (Å²) >= 11 is 0. The highest BCUT2D eigenvalue weighted by molar-refractivity contribution is 7.89. The van der Waals surface area contributed by atoms with E-state index in [1.165, 1.54) is 18.5 Å². The van der Waals surface area contributed by atoms with Crippen LogP contribution in [0.1, 0.15) is 5.56 Å². The zero-order valence-corrected chi connectivity index (χ0v) is 9.61. The summed E-state index contributed by atoms with van der Waals surface area (Å²) in [7, 11) is -3.69. The maximum Gasteiger partial charge on any atom is 0.260 e. The molecule has 0 radical (unpaired) electrons. The highest BCUT2D eigenvalue weighted by Crippen LogP contribution is 2.13. The van der Waals surface area contributed by atoms with Gasteiger partial charge >= 0.3 is 0 Å². The van der Waals surface area contributed by atoms with Crippen LogP contribution in [0.3, 0.4) is 0 Å². The number of aromatic nitrogens is 3. The van der Waals surface area contributed by atoms with Gasteiger partial charge in [-0.25, -0.2) is 18.1 Å². The van der Waals surface area contributed by atoms with E-state index >= 15 is 0 Å². The Morgan fingerprint density at radius 2 is 2.29 bits per heavy atom. The van der Waals surface area contributed by atoms with Crippen molar-refractivity contribution in [2.75, 3.05) is 5.73 Å². The largest absolute Gasteiger partial charge is 0.396 e. The summed E-state index contributed by atoms with van der Waals surface area (Å²) in [6.07, 6.45) is 4.51. The molecule has 0 aliphatic rings. The minimum atomic E-state index is -3.69. The lowest BCUT2D eigenvalue weighted by molar-refractivity contribution is 0.578. The maximum absolute atomic E-state index is 11.9. The third kappa shape index (κ3) is 2.60. The van der Waals surface area contributed by atoms with Gasteiger partial charge in [0, 0.05) is 24.5 Å². The first kappa shape index (κ1) is 11.6. The molecule has 0 aliphatic carbocycles. The van der Waals surface area contributed by atoms with Crippen LogP contribution in [-0.4, -0.2) is 23.6 Å². The summed E-state index contributed by atoms with van der Waals surface area (Å²) in [6, 6.07) is 3.06. The summed E-state index contributed by atoms with van der Waals surface area (Å²) < 4.78 is 26.1. The van der Waals surface area contributed by atoms with Crippen molar-refractivity contribution in [1.82, 2.24) is 19.9 Å². The topological polar surface area (TPSA) is 114 Å². The number of anilines is 1. The molecule has 2 aromatic rings. The first-order valence-corrected chi connectivity index (χ1v) is 6.26. The summed E-state index contributed by atoms with van der Waals surface area (Å²) in [5.74, 6) is 0. The van der Waals surface area contributed by atoms with Gasteiger partial charge in [-0.05, 0) is 12.1 Å². The minimum absolute atomic E-state index is 0.118. The summed E-state index contributed by atoms with van der Waals surface area (Å²) in [6.45, 7) is 0.134. The van der Waals surface area contributed by atoms with Crippen LogP contribution in [0.2, 0.25) is 0 Å². The number of nitrogens with two attached hydrogens (primary N) is 1. The van der Waals surface area contributed by atoms with Crippen molar-refractivity contribution in [1.29, 1.82) is 0 Å². The van der Waals surface area contributed by atoms with Crippen molar-refractivity contribution in [2.24, 2.45) is 0 Å². The second-order valence-corrected chi connectivity index (χ2v) is 5.01. The third-order valence-corrected chi connectivity index (χ3v) is 3.45. The molecule has 0 spiro atoms. The Hall–Kier alpha value is -1.93. The van der Waals surface area contributed by atoms with E-state index in [2.05, 4.69) is 19.9 Å². The zero-order chi connectivity index (χ0) is 12.3. The molecule has 0 amide bonds. The van der Waals surface area contributed by atoms with Crippen LogP contribution in [0.4, 0.5) is 5.69 Å². The lowest BCUT2D eigenvalue weighted by Gasteiger charge is -2.06. The molecular weight excluding hydrogens is 242 g/mol. The molecule has 90 valence electrons. The molecule has 4 N–H and O–H groups in total. The number of hydrogen-bond donors (Lipinski definition) is 3. The van der Waals surface area contributed by atoms with Crippen LogP contribution in [0, 0.1) is 0 Å². The second kappa shape index (κ2) is 4.52. The van der Waals surface area contributed by atoms with E-state index in [-0.39, 0.29) is 17.3 Å². The van der Waals surface area contributed by atoms with Crippen LogP contribution in [0.15, 0.2) is 35.7 Å². The van der Waals surface area contributed by atoms with Crippen molar-refractivity contribution in [2.45, 2.75) is 11.6 Å². The SMILES string of the molecule is Nc1cccnc1S(=O)(=O)NCc1cn[nH]c1.